The Bertz CT molecular complexity index is 501. The van der Waals surface area contributed by atoms with Gasteiger partial charge in [-0.05, 0) is 12.5 Å². The maximum atomic E-state index is 11.2. The van der Waals surface area contributed by atoms with Gasteiger partial charge < -0.3 is 0 Å². The van der Waals surface area contributed by atoms with E-state index in [9.17, 15) is 4.79 Å². The molecular weight excluding hydrogens is 222 g/mol. The van der Waals surface area contributed by atoms with E-state index < -0.39 is 0 Å². The van der Waals surface area contributed by atoms with Gasteiger partial charge in [-0.3, -0.25) is 9.48 Å². The second-order valence-electron chi connectivity index (χ2n) is 3.53. The largest absolute Gasteiger partial charge is 0.294 e. The Kier molecular flexibility index (Phi) is 3.14. The second kappa shape index (κ2) is 4.57. The molecule has 0 amide bonds. The number of Topliss-reactive ketones (excluding diaryl/α,β-unsaturated/α-hetero) is 1. The van der Waals surface area contributed by atoms with E-state index in [0.29, 0.717) is 4.88 Å². The molecule has 0 aliphatic heterocycles. The fourth-order valence-electron chi connectivity index (χ4n) is 1.46. The first kappa shape index (κ1) is 11.0. The van der Waals surface area contributed by atoms with Crippen LogP contribution in [0.4, 0.5) is 0 Å². The average Bonchev–Trinajstić information content (AvgIpc) is 2.84. The third kappa shape index (κ3) is 2.04. The molecule has 4 nitrogen and oxygen atoms in total. The van der Waals surface area contributed by atoms with Crippen molar-refractivity contribution in [3.8, 4) is 10.7 Å². The zero-order chi connectivity index (χ0) is 11.5. The number of hydrogen-bond acceptors (Lipinski definition) is 4. The van der Waals surface area contributed by atoms with Crippen molar-refractivity contribution in [2.75, 3.05) is 0 Å². The Labute approximate surface area is 97.9 Å². The van der Waals surface area contributed by atoms with Crippen molar-refractivity contribution in [2.45, 2.75) is 26.8 Å². The van der Waals surface area contributed by atoms with Crippen LogP contribution in [0.2, 0.25) is 0 Å². The van der Waals surface area contributed by atoms with E-state index in [-0.39, 0.29) is 5.78 Å². The van der Waals surface area contributed by atoms with Crippen LogP contribution in [0.15, 0.2) is 18.5 Å². The van der Waals surface area contributed by atoms with Crippen LogP contribution in [0.25, 0.3) is 10.7 Å². The van der Waals surface area contributed by atoms with Gasteiger partial charge >= 0.3 is 0 Å². The summed E-state index contributed by atoms with van der Waals surface area (Å²) in [6, 6.07) is 1.93. The Hall–Kier alpha value is -1.49. The standard InChI is InChI=1S/C11H13N3OS/c1-3-6-14-9(4-5-13-14)11-12-7-10(16-11)8(2)15/h4-5,7H,3,6H2,1-2H3. The van der Waals surface area contributed by atoms with Gasteiger partial charge in [0.1, 0.15) is 5.01 Å². The molecule has 0 fully saturated rings. The highest BCUT2D eigenvalue weighted by Crippen LogP contribution is 2.25. The molecule has 16 heavy (non-hydrogen) atoms. The molecule has 5 heteroatoms. The van der Waals surface area contributed by atoms with Crippen molar-refractivity contribution in [3.05, 3.63) is 23.3 Å². The summed E-state index contributed by atoms with van der Waals surface area (Å²) in [5.41, 5.74) is 0.986. The van der Waals surface area contributed by atoms with E-state index in [0.717, 1.165) is 23.7 Å². The number of nitrogens with zero attached hydrogens (tertiary/aromatic N) is 3. The Balaban J connectivity index is 2.34. The first-order valence-electron chi connectivity index (χ1n) is 5.21. The maximum Gasteiger partial charge on any atom is 0.171 e. The number of carbonyl (C=O) groups excluding carboxylic acids is 1. The van der Waals surface area contributed by atoms with Crippen molar-refractivity contribution in [1.82, 2.24) is 14.8 Å². The molecule has 0 saturated carbocycles. The third-order valence-electron chi connectivity index (χ3n) is 2.22. The van der Waals surface area contributed by atoms with Crippen molar-refractivity contribution in [2.24, 2.45) is 0 Å². The van der Waals surface area contributed by atoms with E-state index in [1.54, 1.807) is 19.3 Å². The SMILES string of the molecule is CCCn1nccc1-c1ncc(C(C)=O)s1. The molecule has 2 heterocycles. The van der Waals surface area contributed by atoms with Gasteiger partial charge in [-0.25, -0.2) is 4.98 Å². The van der Waals surface area contributed by atoms with Crippen molar-refractivity contribution < 1.29 is 4.79 Å². The van der Waals surface area contributed by atoms with Crippen LogP contribution in [0.5, 0.6) is 0 Å². The number of hydrogen-bond donors (Lipinski definition) is 0. The minimum atomic E-state index is 0.0605. The molecule has 2 aromatic heterocycles. The predicted molar refractivity (Wildman–Crippen MR) is 63.6 cm³/mol. The average molecular weight is 235 g/mol. The van der Waals surface area contributed by atoms with E-state index in [2.05, 4.69) is 17.0 Å². The number of aryl methyl sites for hydroxylation is 1. The van der Waals surface area contributed by atoms with E-state index >= 15 is 0 Å². The van der Waals surface area contributed by atoms with Gasteiger partial charge in [0, 0.05) is 25.9 Å². The summed E-state index contributed by atoms with van der Waals surface area (Å²) in [4.78, 5) is 16.1. The molecule has 2 aromatic rings. The van der Waals surface area contributed by atoms with Crippen LogP contribution in [0, 0.1) is 0 Å². The van der Waals surface area contributed by atoms with Crippen LogP contribution in [-0.2, 0) is 6.54 Å². The molecule has 0 radical (unpaired) electrons. The van der Waals surface area contributed by atoms with Crippen molar-refractivity contribution in [3.63, 3.8) is 0 Å². The lowest BCUT2D eigenvalue weighted by Gasteiger charge is -2.02. The summed E-state index contributed by atoms with van der Waals surface area (Å²) in [6.45, 7) is 4.53. The van der Waals surface area contributed by atoms with Gasteiger partial charge in [-0.2, -0.15) is 5.10 Å². The number of rotatable bonds is 4. The van der Waals surface area contributed by atoms with Gasteiger partial charge in [0.15, 0.2) is 5.78 Å². The van der Waals surface area contributed by atoms with Crippen molar-refractivity contribution in [1.29, 1.82) is 0 Å². The fourth-order valence-corrected chi connectivity index (χ4v) is 2.30. The molecule has 0 aliphatic carbocycles. The lowest BCUT2D eigenvalue weighted by molar-refractivity contribution is 0.102. The maximum absolute atomic E-state index is 11.2. The Morgan fingerprint density at radius 1 is 1.56 bits per heavy atom. The summed E-state index contributed by atoms with van der Waals surface area (Å²) in [5.74, 6) is 0.0605. The van der Waals surface area contributed by atoms with Gasteiger partial charge in [0.2, 0.25) is 0 Å². The minimum absolute atomic E-state index is 0.0605. The normalized spacial score (nSPS) is 10.6. The zero-order valence-electron chi connectivity index (χ0n) is 9.30. The molecule has 0 spiro atoms. The number of carbonyl (C=O) groups is 1. The predicted octanol–water partition coefficient (Wildman–Crippen LogP) is 2.62. The van der Waals surface area contributed by atoms with E-state index in [4.69, 9.17) is 0 Å². The highest BCUT2D eigenvalue weighted by Gasteiger charge is 2.11. The molecule has 0 N–H and O–H groups in total. The molecular formula is C11H13N3OS. The molecule has 0 unspecified atom stereocenters. The molecule has 84 valence electrons. The topological polar surface area (TPSA) is 47.8 Å². The summed E-state index contributed by atoms with van der Waals surface area (Å²) >= 11 is 1.42. The van der Waals surface area contributed by atoms with Crippen LogP contribution < -0.4 is 0 Å². The molecule has 2 rings (SSSR count). The number of aromatic nitrogens is 3. The lowest BCUT2D eigenvalue weighted by atomic mass is 10.4. The third-order valence-corrected chi connectivity index (χ3v) is 3.34. The van der Waals surface area contributed by atoms with Crippen molar-refractivity contribution >= 4 is 17.1 Å². The van der Waals surface area contributed by atoms with Crippen LogP contribution in [0.3, 0.4) is 0 Å². The molecule has 0 atom stereocenters. The molecule has 0 bridgehead atoms. The smallest absolute Gasteiger partial charge is 0.171 e. The van der Waals surface area contributed by atoms with E-state index in [1.165, 1.54) is 11.3 Å². The fraction of sp³-hybridized carbons (Fsp3) is 0.364. The summed E-state index contributed by atoms with van der Waals surface area (Å²) in [6.07, 6.45) is 4.42. The van der Waals surface area contributed by atoms with Crippen LogP contribution in [-0.4, -0.2) is 20.5 Å². The first-order chi connectivity index (χ1) is 7.72. The first-order valence-corrected chi connectivity index (χ1v) is 6.03. The van der Waals surface area contributed by atoms with E-state index in [1.807, 2.05) is 10.7 Å². The quantitative estimate of drug-likeness (QED) is 0.765. The van der Waals surface area contributed by atoms with Gasteiger partial charge in [-0.15, -0.1) is 11.3 Å². The second-order valence-corrected chi connectivity index (χ2v) is 4.56. The van der Waals surface area contributed by atoms with Crippen LogP contribution >= 0.6 is 11.3 Å². The highest BCUT2D eigenvalue weighted by atomic mass is 32.1. The Morgan fingerprint density at radius 3 is 3.00 bits per heavy atom. The van der Waals surface area contributed by atoms with Gasteiger partial charge in [0.25, 0.3) is 0 Å². The number of ketones is 1. The minimum Gasteiger partial charge on any atom is -0.294 e. The van der Waals surface area contributed by atoms with Gasteiger partial charge in [0.05, 0.1) is 10.6 Å². The molecule has 0 aromatic carbocycles. The lowest BCUT2D eigenvalue weighted by Crippen LogP contribution is -2.00. The molecule has 0 saturated heterocycles. The summed E-state index contributed by atoms with van der Waals surface area (Å²) in [7, 11) is 0. The molecule has 0 aliphatic rings. The summed E-state index contributed by atoms with van der Waals surface area (Å²) < 4.78 is 1.92. The number of thiazole rings is 1. The monoisotopic (exact) mass is 235 g/mol. The Morgan fingerprint density at radius 2 is 2.38 bits per heavy atom. The summed E-state index contributed by atoms with van der Waals surface area (Å²) in [5, 5.41) is 5.09. The zero-order valence-corrected chi connectivity index (χ0v) is 10.1. The van der Waals surface area contributed by atoms with Gasteiger partial charge in [-0.1, -0.05) is 6.92 Å². The van der Waals surface area contributed by atoms with Crippen LogP contribution in [0.1, 0.15) is 29.9 Å². The highest BCUT2D eigenvalue weighted by molar-refractivity contribution is 7.16.